The summed E-state index contributed by atoms with van der Waals surface area (Å²) in [6.07, 6.45) is -0.276. The van der Waals surface area contributed by atoms with Crippen molar-refractivity contribution in [1.82, 2.24) is 0 Å². The molecule has 0 aromatic carbocycles. The zero-order valence-electron chi connectivity index (χ0n) is 8.91. The van der Waals surface area contributed by atoms with Crippen LogP contribution in [0.5, 0.6) is 0 Å². The molecule has 0 unspecified atom stereocenters. The van der Waals surface area contributed by atoms with E-state index in [1.165, 1.54) is 0 Å². The highest BCUT2D eigenvalue weighted by Crippen LogP contribution is 2.19. The van der Waals surface area contributed by atoms with E-state index in [9.17, 15) is 5.11 Å². The molecule has 0 aromatic rings. The molecule has 0 aliphatic carbocycles. The monoisotopic (exact) mass is 173 g/mol. The van der Waals surface area contributed by atoms with Crippen LogP contribution in [0.3, 0.4) is 0 Å². The molecule has 0 aliphatic heterocycles. The molecule has 74 valence electrons. The van der Waals surface area contributed by atoms with Crippen LogP contribution >= 0.6 is 0 Å². The number of nitrogens with two attached hydrogens (primary N) is 1. The largest absolute Gasteiger partial charge is 0.393 e. The Morgan fingerprint density at radius 2 is 1.33 bits per heavy atom. The first-order valence-corrected chi connectivity index (χ1v) is 4.81. The van der Waals surface area contributed by atoms with E-state index in [0.717, 1.165) is 0 Å². The number of hydrogen-bond acceptors (Lipinski definition) is 2. The molecule has 0 radical (unpaired) electrons. The van der Waals surface area contributed by atoms with Crippen LogP contribution in [0.4, 0.5) is 0 Å². The fraction of sp³-hybridized carbons (Fsp3) is 1.00. The second kappa shape index (κ2) is 4.83. The third-order valence-electron chi connectivity index (χ3n) is 2.60. The summed E-state index contributed by atoms with van der Waals surface area (Å²) < 4.78 is 0. The van der Waals surface area contributed by atoms with E-state index < -0.39 is 0 Å². The SMILES string of the molecule is CC(C)[C@@H](N)[C@H](C)[C@@H](O)C(C)C. The topological polar surface area (TPSA) is 46.2 Å². The lowest BCUT2D eigenvalue weighted by Gasteiger charge is -2.29. The average Bonchev–Trinajstić information content (AvgIpc) is 2.00. The molecule has 0 spiro atoms. The molecule has 0 aliphatic rings. The summed E-state index contributed by atoms with van der Waals surface area (Å²) in [5, 5.41) is 9.73. The molecule has 12 heavy (non-hydrogen) atoms. The zero-order chi connectivity index (χ0) is 9.89. The molecule has 0 fully saturated rings. The van der Waals surface area contributed by atoms with E-state index >= 15 is 0 Å². The van der Waals surface area contributed by atoms with Gasteiger partial charge in [0.2, 0.25) is 0 Å². The van der Waals surface area contributed by atoms with Gasteiger partial charge in [0, 0.05) is 6.04 Å². The second-order valence-corrected chi connectivity index (χ2v) is 4.42. The van der Waals surface area contributed by atoms with E-state index in [2.05, 4.69) is 13.8 Å². The maximum atomic E-state index is 9.73. The standard InChI is InChI=1S/C10H23NO/c1-6(2)9(11)8(5)10(12)7(3)4/h6-10,12H,11H2,1-5H3/t8-,9+,10-/m0/s1. The Morgan fingerprint density at radius 3 is 1.58 bits per heavy atom. The van der Waals surface area contributed by atoms with Crippen molar-refractivity contribution in [3.05, 3.63) is 0 Å². The minimum Gasteiger partial charge on any atom is -0.393 e. The van der Waals surface area contributed by atoms with Crippen molar-refractivity contribution >= 4 is 0 Å². The smallest absolute Gasteiger partial charge is 0.0603 e. The van der Waals surface area contributed by atoms with Crippen molar-refractivity contribution in [2.45, 2.75) is 46.8 Å². The average molecular weight is 173 g/mol. The molecular formula is C10H23NO. The fourth-order valence-corrected chi connectivity index (χ4v) is 1.44. The first-order valence-electron chi connectivity index (χ1n) is 4.81. The highest BCUT2D eigenvalue weighted by molar-refractivity contribution is 4.79. The lowest BCUT2D eigenvalue weighted by Crippen LogP contribution is -2.41. The second-order valence-electron chi connectivity index (χ2n) is 4.42. The van der Waals surface area contributed by atoms with Crippen molar-refractivity contribution < 1.29 is 5.11 Å². The summed E-state index contributed by atoms with van der Waals surface area (Å²) in [6.45, 7) is 10.3. The summed E-state index contributed by atoms with van der Waals surface area (Å²) in [5.41, 5.74) is 5.94. The molecule has 3 atom stereocenters. The Hall–Kier alpha value is -0.0800. The van der Waals surface area contributed by atoms with Crippen LogP contribution in [0.2, 0.25) is 0 Å². The summed E-state index contributed by atoms with van der Waals surface area (Å²) in [4.78, 5) is 0. The van der Waals surface area contributed by atoms with Crippen LogP contribution in [-0.2, 0) is 0 Å². The number of aliphatic hydroxyl groups is 1. The predicted octanol–water partition coefficient (Wildman–Crippen LogP) is 1.62. The van der Waals surface area contributed by atoms with Gasteiger partial charge in [0.15, 0.2) is 0 Å². The number of rotatable bonds is 4. The summed E-state index contributed by atoms with van der Waals surface area (Å²) in [5.74, 6) is 0.920. The van der Waals surface area contributed by atoms with Crippen LogP contribution in [0.15, 0.2) is 0 Å². The molecule has 3 N–H and O–H groups in total. The van der Waals surface area contributed by atoms with Crippen molar-refractivity contribution in [2.75, 3.05) is 0 Å². The normalized spacial score (nSPS) is 19.8. The highest BCUT2D eigenvalue weighted by Gasteiger charge is 2.25. The van der Waals surface area contributed by atoms with Gasteiger partial charge >= 0.3 is 0 Å². The van der Waals surface area contributed by atoms with Gasteiger partial charge in [-0.05, 0) is 17.8 Å². The third kappa shape index (κ3) is 3.11. The summed E-state index contributed by atoms with van der Waals surface area (Å²) >= 11 is 0. The van der Waals surface area contributed by atoms with Gasteiger partial charge in [-0.2, -0.15) is 0 Å². The van der Waals surface area contributed by atoms with Crippen molar-refractivity contribution in [1.29, 1.82) is 0 Å². The summed E-state index contributed by atoms with van der Waals surface area (Å²) in [7, 11) is 0. The molecule has 0 amide bonds. The van der Waals surface area contributed by atoms with Crippen LogP contribution in [0, 0.1) is 17.8 Å². The zero-order valence-corrected chi connectivity index (χ0v) is 8.91. The minimum atomic E-state index is -0.276. The van der Waals surface area contributed by atoms with Gasteiger partial charge in [-0.3, -0.25) is 0 Å². The van der Waals surface area contributed by atoms with E-state index in [-0.39, 0.29) is 18.1 Å². The quantitative estimate of drug-likeness (QED) is 0.678. The molecule has 0 saturated carbocycles. The number of hydrogen-bond donors (Lipinski definition) is 2. The van der Waals surface area contributed by atoms with E-state index in [1.54, 1.807) is 0 Å². The maximum absolute atomic E-state index is 9.73. The maximum Gasteiger partial charge on any atom is 0.0603 e. The molecule has 0 bridgehead atoms. The van der Waals surface area contributed by atoms with E-state index in [1.807, 2.05) is 20.8 Å². The van der Waals surface area contributed by atoms with Crippen LogP contribution in [0.25, 0.3) is 0 Å². The Labute approximate surface area is 76.2 Å². The van der Waals surface area contributed by atoms with Crippen LogP contribution < -0.4 is 5.73 Å². The minimum absolute atomic E-state index is 0.0994. The molecule has 2 nitrogen and oxygen atoms in total. The first-order chi connectivity index (χ1) is 5.37. The number of aliphatic hydroxyl groups excluding tert-OH is 1. The molecular weight excluding hydrogens is 150 g/mol. The van der Waals surface area contributed by atoms with E-state index in [0.29, 0.717) is 11.8 Å². The Kier molecular flexibility index (Phi) is 4.80. The van der Waals surface area contributed by atoms with Gasteiger partial charge in [0.1, 0.15) is 0 Å². The van der Waals surface area contributed by atoms with Crippen molar-refractivity contribution in [2.24, 2.45) is 23.5 Å². The van der Waals surface area contributed by atoms with Crippen molar-refractivity contribution in [3.8, 4) is 0 Å². The molecule has 0 saturated heterocycles. The van der Waals surface area contributed by atoms with E-state index in [4.69, 9.17) is 5.73 Å². The molecule has 0 aromatic heterocycles. The Bertz CT molecular complexity index is 109. The van der Waals surface area contributed by atoms with Gasteiger partial charge in [-0.1, -0.05) is 34.6 Å². The molecule has 0 heterocycles. The van der Waals surface area contributed by atoms with Gasteiger partial charge in [-0.15, -0.1) is 0 Å². The first kappa shape index (κ1) is 11.9. The highest BCUT2D eigenvalue weighted by atomic mass is 16.3. The van der Waals surface area contributed by atoms with Gasteiger partial charge < -0.3 is 10.8 Å². The van der Waals surface area contributed by atoms with Gasteiger partial charge in [0.25, 0.3) is 0 Å². The lowest BCUT2D eigenvalue weighted by molar-refractivity contribution is 0.0529. The molecule has 2 heteroatoms. The summed E-state index contributed by atoms with van der Waals surface area (Å²) in [6, 6.07) is 0.0994. The van der Waals surface area contributed by atoms with Crippen LogP contribution in [0.1, 0.15) is 34.6 Å². The lowest BCUT2D eigenvalue weighted by atomic mass is 9.84. The third-order valence-corrected chi connectivity index (χ3v) is 2.60. The predicted molar refractivity (Wildman–Crippen MR) is 52.8 cm³/mol. The van der Waals surface area contributed by atoms with Crippen LogP contribution in [-0.4, -0.2) is 17.3 Å². The molecule has 0 rings (SSSR count). The van der Waals surface area contributed by atoms with Gasteiger partial charge in [-0.25, -0.2) is 0 Å². The Balaban J connectivity index is 4.08. The van der Waals surface area contributed by atoms with Gasteiger partial charge in [0.05, 0.1) is 6.10 Å². The Morgan fingerprint density at radius 1 is 0.917 bits per heavy atom. The fourth-order valence-electron chi connectivity index (χ4n) is 1.44. The van der Waals surface area contributed by atoms with Crippen molar-refractivity contribution in [3.63, 3.8) is 0 Å².